The van der Waals surface area contributed by atoms with Gasteiger partial charge in [-0.15, -0.1) is 0 Å². The highest BCUT2D eigenvalue weighted by Crippen LogP contribution is 1.98. The van der Waals surface area contributed by atoms with Crippen LogP contribution in [0.2, 0.25) is 0 Å². The number of amides is 2. The molecule has 0 unspecified atom stereocenters. The van der Waals surface area contributed by atoms with Gasteiger partial charge in [-0.05, 0) is 12.1 Å². The van der Waals surface area contributed by atoms with Gasteiger partial charge >= 0.3 is 6.03 Å². The van der Waals surface area contributed by atoms with E-state index < -0.39 is 0 Å². The molecule has 0 saturated heterocycles. The molecule has 1 aliphatic rings. The minimum Gasteiger partial charge on any atom is -0.467 e. The lowest BCUT2D eigenvalue weighted by molar-refractivity contribution is 0.244. The van der Waals surface area contributed by atoms with Gasteiger partial charge in [-0.1, -0.05) is 0 Å². The van der Waals surface area contributed by atoms with E-state index in [1.165, 1.54) is 0 Å². The summed E-state index contributed by atoms with van der Waals surface area (Å²) in [6, 6.07) is 3.40. The average Bonchev–Trinajstić information content (AvgIpc) is 2.67. The summed E-state index contributed by atoms with van der Waals surface area (Å²) in [5, 5.41) is 7.97. The number of carbonyl (C=O) groups excluding carboxylic acids is 1. The van der Waals surface area contributed by atoms with Gasteiger partial charge < -0.3 is 15.1 Å². The second kappa shape index (κ2) is 3.82. The number of urea groups is 1. The SMILES string of the molecule is O=C1NCN=C(NCc2ccco2)N1. The van der Waals surface area contributed by atoms with Crippen molar-refractivity contribution in [3.8, 4) is 0 Å². The molecule has 6 heteroatoms. The molecule has 0 atom stereocenters. The minimum atomic E-state index is -0.248. The molecule has 6 nitrogen and oxygen atoms in total. The standard InChI is InChI=1S/C8H10N4O2/c13-8-11-5-10-7(12-8)9-4-6-2-1-3-14-6/h1-3H,4-5H2,(H3,9,10,11,12,13). The molecule has 1 aromatic heterocycles. The van der Waals surface area contributed by atoms with E-state index in [1.54, 1.807) is 12.3 Å². The van der Waals surface area contributed by atoms with Gasteiger partial charge in [0, 0.05) is 0 Å². The number of guanidine groups is 1. The third-order valence-electron chi connectivity index (χ3n) is 1.72. The summed E-state index contributed by atoms with van der Waals surface area (Å²) in [4.78, 5) is 14.9. The number of nitrogens with zero attached hydrogens (tertiary/aromatic N) is 1. The monoisotopic (exact) mass is 194 g/mol. The summed E-state index contributed by atoms with van der Waals surface area (Å²) in [6.07, 6.45) is 1.60. The topological polar surface area (TPSA) is 78.7 Å². The molecule has 3 N–H and O–H groups in total. The van der Waals surface area contributed by atoms with E-state index in [0.717, 1.165) is 5.76 Å². The normalized spacial score (nSPS) is 15.4. The van der Waals surface area contributed by atoms with E-state index >= 15 is 0 Å². The quantitative estimate of drug-likeness (QED) is 0.619. The summed E-state index contributed by atoms with van der Waals surface area (Å²) in [5.74, 6) is 1.26. The van der Waals surface area contributed by atoms with Crippen molar-refractivity contribution >= 4 is 12.0 Å². The van der Waals surface area contributed by atoms with E-state index in [4.69, 9.17) is 4.42 Å². The number of hydrogen-bond acceptors (Lipinski definition) is 4. The molecule has 2 rings (SSSR count). The summed E-state index contributed by atoms with van der Waals surface area (Å²) in [6.45, 7) is 0.804. The molecule has 2 amide bonds. The van der Waals surface area contributed by atoms with Gasteiger partial charge in [0.1, 0.15) is 12.4 Å². The first-order valence-corrected chi connectivity index (χ1v) is 4.20. The van der Waals surface area contributed by atoms with Crippen LogP contribution < -0.4 is 16.0 Å². The number of nitrogens with one attached hydrogen (secondary N) is 3. The predicted molar refractivity (Wildman–Crippen MR) is 49.5 cm³/mol. The van der Waals surface area contributed by atoms with Crippen molar-refractivity contribution in [3.63, 3.8) is 0 Å². The highest BCUT2D eigenvalue weighted by atomic mass is 16.3. The van der Waals surface area contributed by atoms with Crippen LogP contribution in [0.3, 0.4) is 0 Å². The van der Waals surface area contributed by atoms with E-state index in [0.29, 0.717) is 19.2 Å². The van der Waals surface area contributed by atoms with Crippen molar-refractivity contribution < 1.29 is 9.21 Å². The zero-order valence-electron chi connectivity index (χ0n) is 7.41. The molecule has 1 aliphatic heterocycles. The molecular formula is C8H10N4O2. The molecule has 0 fully saturated rings. The summed E-state index contributed by atoms with van der Waals surface area (Å²) in [7, 11) is 0. The zero-order chi connectivity index (χ0) is 9.80. The molecule has 1 aromatic rings. The fourth-order valence-corrected chi connectivity index (χ4v) is 1.07. The second-order valence-corrected chi connectivity index (χ2v) is 2.73. The van der Waals surface area contributed by atoms with E-state index in [9.17, 15) is 4.79 Å². The fourth-order valence-electron chi connectivity index (χ4n) is 1.07. The largest absolute Gasteiger partial charge is 0.467 e. The van der Waals surface area contributed by atoms with Crippen LogP contribution in [0, 0.1) is 0 Å². The van der Waals surface area contributed by atoms with Crippen LogP contribution >= 0.6 is 0 Å². The number of rotatable bonds is 2. The Morgan fingerprint density at radius 2 is 2.57 bits per heavy atom. The van der Waals surface area contributed by atoms with Gasteiger partial charge in [0.25, 0.3) is 0 Å². The Hall–Kier alpha value is -1.98. The highest BCUT2D eigenvalue weighted by Gasteiger charge is 2.09. The molecule has 0 radical (unpaired) electrons. The number of furan rings is 1. The minimum absolute atomic E-state index is 0.248. The van der Waals surface area contributed by atoms with Crippen LogP contribution in [0.1, 0.15) is 5.76 Å². The summed E-state index contributed by atoms with van der Waals surface area (Å²) in [5.41, 5.74) is 0. The first-order valence-electron chi connectivity index (χ1n) is 4.20. The van der Waals surface area contributed by atoms with Crippen LogP contribution in [0.4, 0.5) is 4.79 Å². The van der Waals surface area contributed by atoms with Crippen LogP contribution in [-0.2, 0) is 6.54 Å². The number of hydrogen-bond donors (Lipinski definition) is 3. The summed E-state index contributed by atoms with van der Waals surface area (Å²) >= 11 is 0. The lowest BCUT2D eigenvalue weighted by Crippen LogP contribution is -2.49. The van der Waals surface area contributed by atoms with Gasteiger partial charge in [0.15, 0.2) is 0 Å². The van der Waals surface area contributed by atoms with Gasteiger partial charge in [0.05, 0.1) is 12.8 Å². The molecule has 74 valence electrons. The predicted octanol–water partition coefficient (Wildman–Crippen LogP) is -0.00450. The molecule has 0 bridgehead atoms. The summed E-state index contributed by atoms with van der Waals surface area (Å²) < 4.78 is 5.11. The van der Waals surface area contributed by atoms with Crippen molar-refractivity contribution in [1.29, 1.82) is 0 Å². The van der Waals surface area contributed by atoms with E-state index in [1.807, 2.05) is 6.07 Å². The smallest absolute Gasteiger partial charge is 0.323 e. The Labute approximate surface area is 80.4 Å². The third kappa shape index (κ3) is 2.03. The van der Waals surface area contributed by atoms with Crippen molar-refractivity contribution in [2.24, 2.45) is 4.99 Å². The van der Waals surface area contributed by atoms with Crippen molar-refractivity contribution in [1.82, 2.24) is 16.0 Å². The Kier molecular flexibility index (Phi) is 2.35. The molecular weight excluding hydrogens is 184 g/mol. The number of aliphatic imine (C=N–C) groups is 1. The van der Waals surface area contributed by atoms with Gasteiger partial charge in [0.2, 0.25) is 5.96 Å². The highest BCUT2D eigenvalue weighted by molar-refractivity contribution is 5.97. The van der Waals surface area contributed by atoms with Crippen molar-refractivity contribution in [3.05, 3.63) is 24.2 Å². The zero-order valence-corrected chi connectivity index (χ0v) is 7.41. The molecule has 0 saturated carbocycles. The Morgan fingerprint density at radius 1 is 1.64 bits per heavy atom. The van der Waals surface area contributed by atoms with Crippen LogP contribution in [0.25, 0.3) is 0 Å². The Morgan fingerprint density at radius 3 is 3.29 bits per heavy atom. The maximum atomic E-state index is 10.9. The Balaban J connectivity index is 1.86. The number of carbonyl (C=O) groups is 1. The molecule has 14 heavy (non-hydrogen) atoms. The van der Waals surface area contributed by atoms with Crippen molar-refractivity contribution in [2.45, 2.75) is 6.54 Å². The fraction of sp³-hybridized carbons (Fsp3) is 0.250. The molecule has 0 spiro atoms. The van der Waals surface area contributed by atoms with Crippen LogP contribution in [0.5, 0.6) is 0 Å². The maximum absolute atomic E-state index is 10.9. The van der Waals surface area contributed by atoms with Crippen LogP contribution in [0.15, 0.2) is 27.8 Å². The third-order valence-corrected chi connectivity index (χ3v) is 1.72. The first-order chi connectivity index (χ1) is 6.84. The first kappa shape index (κ1) is 8.61. The van der Waals surface area contributed by atoms with Gasteiger partial charge in [-0.2, -0.15) is 0 Å². The molecule has 2 heterocycles. The second-order valence-electron chi connectivity index (χ2n) is 2.73. The maximum Gasteiger partial charge on any atom is 0.323 e. The van der Waals surface area contributed by atoms with Gasteiger partial charge in [-0.25, -0.2) is 9.79 Å². The van der Waals surface area contributed by atoms with Gasteiger partial charge in [-0.3, -0.25) is 5.32 Å². The average molecular weight is 194 g/mol. The van der Waals surface area contributed by atoms with E-state index in [-0.39, 0.29) is 6.03 Å². The molecule has 0 aliphatic carbocycles. The lowest BCUT2D eigenvalue weighted by atomic mass is 10.4. The lowest BCUT2D eigenvalue weighted by Gasteiger charge is -2.15. The molecule has 0 aromatic carbocycles. The van der Waals surface area contributed by atoms with Crippen molar-refractivity contribution in [2.75, 3.05) is 6.67 Å². The Bertz CT molecular complexity index is 344. The van der Waals surface area contributed by atoms with E-state index in [2.05, 4.69) is 20.9 Å². The van der Waals surface area contributed by atoms with Crippen LogP contribution in [-0.4, -0.2) is 18.7 Å².